The van der Waals surface area contributed by atoms with Crippen LogP contribution in [0.4, 0.5) is 0 Å². The molecule has 1 aromatic rings. The third kappa shape index (κ3) is 5.52. The maximum absolute atomic E-state index is 12.3. The molecule has 1 saturated heterocycles. The topological polar surface area (TPSA) is 61.1 Å². The number of aliphatic imine (C=N–C) groups is 1. The summed E-state index contributed by atoms with van der Waals surface area (Å²) in [6.07, 6.45) is 10.2. The van der Waals surface area contributed by atoms with E-state index in [1.165, 1.54) is 19.3 Å². The first kappa shape index (κ1) is 22.8. The highest BCUT2D eigenvalue weighted by Crippen LogP contribution is 2.36. The number of nitrogens with one attached hydrogen (secondary N) is 1. The number of carbonyl (C=O) groups is 1. The molecule has 2 heterocycles. The van der Waals surface area contributed by atoms with Crippen LogP contribution in [0.5, 0.6) is 0 Å². The monoisotopic (exact) mass is 500 g/mol. The molecule has 1 aliphatic heterocycles. The summed E-state index contributed by atoms with van der Waals surface area (Å²) in [5, 5.41) is 3.41. The standard InChI is InChI=1S/C21H32N4O2.HI/c1-3-12-22-20(23-13-9-19-8-7-16-27-19)24-14-15-25(18(2)26)21(17-24)10-5-4-6-11-21;/h3,7-8,16H,1,4-6,9-15,17H2,2H3,(H,22,23);1H. The van der Waals surface area contributed by atoms with Gasteiger partial charge in [0.1, 0.15) is 5.76 Å². The van der Waals surface area contributed by atoms with E-state index in [9.17, 15) is 4.79 Å². The minimum atomic E-state index is -0.0417. The van der Waals surface area contributed by atoms with Crippen molar-refractivity contribution in [2.75, 3.05) is 32.7 Å². The molecule has 2 fully saturated rings. The Balaban J connectivity index is 0.00000280. The molecule has 2 aliphatic rings. The second-order valence-corrected chi connectivity index (χ2v) is 7.58. The molecule has 1 saturated carbocycles. The van der Waals surface area contributed by atoms with Crippen LogP contribution in [-0.4, -0.2) is 59.9 Å². The van der Waals surface area contributed by atoms with Crippen LogP contribution in [0.3, 0.4) is 0 Å². The van der Waals surface area contributed by atoms with E-state index < -0.39 is 0 Å². The van der Waals surface area contributed by atoms with Crippen LogP contribution in [0.15, 0.2) is 40.5 Å². The van der Waals surface area contributed by atoms with Gasteiger partial charge in [-0.1, -0.05) is 25.3 Å². The summed E-state index contributed by atoms with van der Waals surface area (Å²) in [4.78, 5) is 21.5. The molecular formula is C21H33IN4O2. The van der Waals surface area contributed by atoms with Crippen LogP contribution >= 0.6 is 24.0 Å². The van der Waals surface area contributed by atoms with E-state index in [2.05, 4.69) is 21.7 Å². The molecule has 156 valence electrons. The summed E-state index contributed by atoms with van der Waals surface area (Å²) in [6, 6.07) is 3.89. The van der Waals surface area contributed by atoms with Crippen molar-refractivity contribution in [2.24, 2.45) is 4.99 Å². The first-order chi connectivity index (χ1) is 13.1. The Kier molecular flexibility index (Phi) is 8.85. The summed E-state index contributed by atoms with van der Waals surface area (Å²) in [6.45, 7) is 9.31. The van der Waals surface area contributed by atoms with Gasteiger partial charge in [-0.05, 0) is 25.0 Å². The van der Waals surface area contributed by atoms with Crippen molar-refractivity contribution in [2.45, 2.75) is 51.0 Å². The van der Waals surface area contributed by atoms with Crippen molar-refractivity contribution in [1.29, 1.82) is 0 Å². The predicted molar refractivity (Wildman–Crippen MR) is 123 cm³/mol. The van der Waals surface area contributed by atoms with Crippen molar-refractivity contribution in [3.63, 3.8) is 0 Å². The van der Waals surface area contributed by atoms with Gasteiger partial charge >= 0.3 is 0 Å². The molecule has 0 unspecified atom stereocenters. The highest BCUT2D eigenvalue weighted by Gasteiger charge is 2.44. The van der Waals surface area contributed by atoms with Crippen molar-refractivity contribution in [3.05, 3.63) is 36.8 Å². The number of halogens is 1. The van der Waals surface area contributed by atoms with Crippen molar-refractivity contribution < 1.29 is 9.21 Å². The highest BCUT2D eigenvalue weighted by atomic mass is 127. The Morgan fingerprint density at radius 1 is 1.36 bits per heavy atom. The molecule has 0 atom stereocenters. The molecule has 1 aromatic heterocycles. The van der Waals surface area contributed by atoms with Crippen molar-refractivity contribution in [3.8, 4) is 0 Å². The minimum absolute atomic E-state index is 0. The molecule has 0 radical (unpaired) electrons. The zero-order valence-electron chi connectivity index (χ0n) is 16.9. The van der Waals surface area contributed by atoms with Crippen molar-refractivity contribution >= 4 is 35.8 Å². The van der Waals surface area contributed by atoms with Gasteiger partial charge < -0.3 is 19.5 Å². The number of carbonyl (C=O) groups excluding carboxylic acids is 1. The third-order valence-corrected chi connectivity index (χ3v) is 5.72. The van der Waals surface area contributed by atoms with Crippen LogP contribution in [-0.2, 0) is 11.2 Å². The Labute approximate surface area is 185 Å². The van der Waals surface area contributed by atoms with Gasteiger partial charge in [0.25, 0.3) is 0 Å². The first-order valence-corrected chi connectivity index (χ1v) is 10.1. The van der Waals surface area contributed by atoms with E-state index >= 15 is 0 Å². The number of amides is 1. The number of hydrogen-bond acceptors (Lipinski definition) is 3. The van der Waals surface area contributed by atoms with E-state index in [1.807, 2.05) is 18.2 Å². The Morgan fingerprint density at radius 2 is 2.14 bits per heavy atom. The fourth-order valence-corrected chi connectivity index (χ4v) is 4.45. The molecule has 1 N–H and O–H groups in total. The number of furan rings is 1. The fraction of sp³-hybridized carbons (Fsp3) is 0.619. The van der Waals surface area contributed by atoms with E-state index in [1.54, 1.807) is 13.2 Å². The molecule has 1 aliphatic carbocycles. The summed E-state index contributed by atoms with van der Waals surface area (Å²) >= 11 is 0. The number of rotatable bonds is 5. The molecule has 28 heavy (non-hydrogen) atoms. The quantitative estimate of drug-likeness (QED) is 0.291. The van der Waals surface area contributed by atoms with Crippen LogP contribution in [0, 0.1) is 0 Å². The molecule has 0 bridgehead atoms. The van der Waals surface area contributed by atoms with Gasteiger partial charge in [-0.15, -0.1) is 30.6 Å². The SMILES string of the molecule is C=CCNC(=NCCc1ccco1)N1CCN(C(C)=O)C2(CCCCC2)C1.I. The third-order valence-electron chi connectivity index (χ3n) is 5.72. The molecule has 3 rings (SSSR count). The minimum Gasteiger partial charge on any atom is -0.469 e. The lowest BCUT2D eigenvalue weighted by Crippen LogP contribution is -2.66. The van der Waals surface area contributed by atoms with Gasteiger partial charge in [-0.3, -0.25) is 9.79 Å². The van der Waals surface area contributed by atoms with E-state index in [-0.39, 0.29) is 35.4 Å². The van der Waals surface area contributed by atoms with E-state index in [0.717, 1.165) is 50.6 Å². The van der Waals surface area contributed by atoms with Crippen LogP contribution < -0.4 is 5.32 Å². The average molecular weight is 500 g/mol. The van der Waals surface area contributed by atoms with Gasteiger partial charge in [0.2, 0.25) is 5.91 Å². The van der Waals surface area contributed by atoms with Gasteiger partial charge in [0, 0.05) is 46.1 Å². The highest BCUT2D eigenvalue weighted by molar-refractivity contribution is 14.0. The largest absolute Gasteiger partial charge is 0.469 e. The lowest BCUT2D eigenvalue weighted by molar-refractivity contribution is -0.140. The molecule has 1 amide bonds. The van der Waals surface area contributed by atoms with Crippen LogP contribution in [0.1, 0.15) is 44.8 Å². The smallest absolute Gasteiger partial charge is 0.220 e. The van der Waals surface area contributed by atoms with E-state index in [0.29, 0.717) is 13.1 Å². The van der Waals surface area contributed by atoms with Crippen LogP contribution in [0.25, 0.3) is 0 Å². The molecule has 6 nitrogen and oxygen atoms in total. The number of piperazine rings is 1. The molecule has 1 spiro atoms. The Bertz CT molecular complexity index is 653. The Morgan fingerprint density at radius 3 is 2.79 bits per heavy atom. The molecular weight excluding hydrogens is 467 g/mol. The van der Waals surface area contributed by atoms with Crippen LogP contribution in [0.2, 0.25) is 0 Å². The predicted octanol–water partition coefficient (Wildman–Crippen LogP) is 3.44. The fourth-order valence-electron chi connectivity index (χ4n) is 4.45. The summed E-state index contributed by atoms with van der Waals surface area (Å²) < 4.78 is 5.41. The normalized spacial score (nSPS) is 19.2. The van der Waals surface area contributed by atoms with Crippen molar-refractivity contribution in [1.82, 2.24) is 15.1 Å². The first-order valence-electron chi connectivity index (χ1n) is 10.1. The van der Waals surface area contributed by atoms with Gasteiger partial charge in [-0.2, -0.15) is 0 Å². The van der Waals surface area contributed by atoms with E-state index in [4.69, 9.17) is 9.41 Å². The zero-order valence-corrected chi connectivity index (χ0v) is 19.2. The Hall–Kier alpha value is -1.51. The number of guanidine groups is 1. The average Bonchev–Trinajstić information content (AvgIpc) is 3.18. The lowest BCUT2D eigenvalue weighted by Gasteiger charge is -2.53. The molecule has 7 heteroatoms. The number of nitrogens with zero attached hydrogens (tertiary/aromatic N) is 3. The number of hydrogen-bond donors (Lipinski definition) is 1. The zero-order chi connectivity index (χ0) is 19.1. The summed E-state index contributed by atoms with van der Waals surface area (Å²) in [7, 11) is 0. The van der Waals surface area contributed by atoms with Gasteiger partial charge in [-0.25, -0.2) is 0 Å². The summed E-state index contributed by atoms with van der Waals surface area (Å²) in [5.41, 5.74) is -0.0417. The maximum atomic E-state index is 12.3. The lowest BCUT2D eigenvalue weighted by atomic mass is 9.78. The maximum Gasteiger partial charge on any atom is 0.220 e. The second-order valence-electron chi connectivity index (χ2n) is 7.58. The second kappa shape index (κ2) is 10.9. The molecule has 0 aromatic carbocycles. The van der Waals surface area contributed by atoms with Gasteiger partial charge in [0.15, 0.2) is 5.96 Å². The van der Waals surface area contributed by atoms with Gasteiger partial charge in [0.05, 0.1) is 11.8 Å². The summed E-state index contributed by atoms with van der Waals surface area (Å²) in [5.74, 6) is 2.06.